The molecule has 0 aliphatic carbocycles. The van der Waals surface area contributed by atoms with Crippen LogP contribution in [0.1, 0.15) is 32.2 Å². The molecule has 16 heteroatoms. The molecule has 1 amide bonds. The highest BCUT2D eigenvalue weighted by molar-refractivity contribution is 7.92. The molecule has 0 fully saturated rings. The Hall–Kier alpha value is -3.95. The van der Waals surface area contributed by atoms with E-state index in [-0.39, 0.29) is 22.6 Å². The predicted molar refractivity (Wildman–Crippen MR) is 172 cm³/mol. The molecule has 1 atom stereocenters. The Kier molecular flexibility index (Phi) is 9.21. The van der Waals surface area contributed by atoms with Crippen molar-refractivity contribution in [2.45, 2.75) is 44.2 Å². The number of anilines is 3. The van der Waals surface area contributed by atoms with Crippen LogP contribution < -0.4 is 20.3 Å². The Balaban J connectivity index is 1.28. The Bertz CT molecular complexity index is 1880. The van der Waals surface area contributed by atoms with Gasteiger partial charge in [0.15, 0.2) is 21.3 Å². The molecule has 1 unspecified atom stereocenters. The number of hydrogen-bond acceptors (Lipinski definition) is 10. The van der Waals surface area contributed by atoms with E-state index in [0.717, 1.165) is 34.4 Å². The zero-order chi connectivity index (χ0) is 33.4. The normalized spacial score (nSPS) is 15.0. The maximum absolute atomic E-state index is 13.0. The molecule has 0 bridgehead atoms. The molecule has 5 rings (SSSR count). The van der Waals surface area contributed by atoms with Crippen LogP contribution >= 0.6 is 22.9 Å². The maximum atomic E-state index is 13.0. The number of benzene rings is 2. The molecular formula is C30H30ClF3N6O4S2. The molecule has 1 aliphatic rings. The van der Waals surface area contributed by atoms with Crippen molar-refractivity contribution in [2.24, 2.45) is 0 Å². The number of hydrogen-bond donors (Lipinski definition) is 2. The van der Waals surface area contributed by atoms with Crippen molar-refractivity contribution >= 4 is 55.9 Å². The van der Waals surface area contributed by atoms with Crippen LogP contribution in [-0.4, -0.2) is 59.4 Å². The summed E-state index contributed by atoms with van der Waals surface area (Å²) in [5.41, 5.74) is 1.72. The van der Waals surface area contributed by atoms with Gasteiger partial charge in [-0.1, -0.05) is 23.7 Å². The fraction of sp³-hybridized carbons (Fsp3) is 0.333. The van der Waals surface area contributed by atoms with Crippen LogP contribution in [0.5, 0.6) is 11.5 Å². The lowest BCUT2D eigenvalue weighted by Crippen LogP contribution is -2.49. The minimum Gasteiger partial charge on any atom is -0.456 e. The SMILES string of the molecule is CC1Cc2ncnc(Nc3ccc(Oc4cccc(-c5nc(C(F)(F)F)cs5)c4)c(Cl)c3)c2N1CCNC(=O)C(C)(C)S(C)(=O)=O. The zero-order valence-corrected chi connectivity index (χ0v) is 27.5. The predicted octanol–water partition coefficient (Wildman–Crippen LogP) is 6.50. The van der Waals surface area contributed by atoms with Crippen LogP contribution in [0.25, 0.3) is 10.6 Å². The first-order valence-corrected chi connectivity index (χ1v) is 17.2. The van der Waals surface area contributed by atoms with E-state index in [9.17, 15) is 26.4 Å². The summed E-state index contributed by atoms with van der Waals surface area (Å²) in [4.78, 5) is 27.2. The van der Waals surface area contributed by atoms with Gasteiger partial charge in [-0.25, -0.2) is 23.4 Å². The largest absolute Gasteiger partial charge is 0.456 e. The standard InChI is InChI=1S/C30H30ClF3N6O4S2/c1-17-12-22-25(40(17)11-10-35-28(41)29(2,3)46(4,42)43)26(37-16-36-22)38-19-8-9-23(21(31)14-19)44-20-7-5-6-18(13-20)27-39-24(15-45-27)30(32,33)34/h5-9,13-17H,10-12H2,1-4H3,(H,35,41)(H,36,37,38). The van der Waals surface area contributed by atoms with Gasteiger partial charge in [0.2, 0.25) is 5.91 Å². The highest BCUT2D eigenvalue weighted by Crippen LogP contribution is 2.39. The van der Waals surface area contributed by atoms with Crippen LogP contribution in [0, 0.1) is 0 Å². The van der Waals surface area contributed by atoms with Gasteiger partial charge in [-0.15, -0.1) is 11.3 Å². The molecule has 46 heavy (non-hydrogen) atoms. The fourth-order valence-corrected chi connectivity index (χ4v) is 6.18. The van der Waals surface area contributed by atoms with Crippen molar-refractivity contribution in [3.05, 3.63) is 70.6 Å². The summed E-state index contributed by atoms with van der Waals surface area (Å²) in [5.74, 6) is 0.646. The third-order valence-electron chi connectivity index (χ3n) is 7.62. The first-order valence-electron chi connectivity index (χ1n) is 14.0. The highest BCUT2D eigenvalue weighted by atomic mass is 35.5. The number of amides is 1. The van der Waals surface area contributed by atoms with E-state index in [1.807, 2.05) is 6.92 Å². The number of nitrogens with one attached hydrogen (secondary N) is 2. The summed E-state index contributed by atoms with van der Waals surface area (Å²) in [6.07, 6.45) is -1.38. The number of carbonyl (C=O) groups is 1. The van der Waals surface area contributed by atoms with Gasteiger partial charge in [-0.05, 0) is 51.1 Å². The second kappa shape index (κ2) is 12.7. The van der Waals surface area contributed by atoms with Gasteiger partial charge in [0.05, 0.1) is 10.7 Å². The number of ether oxygens (including phenoxy) is 1. The molecule has 2 aromatic carbocycles. The molecular weight excluding hydrogens is 665 g/mol. The van der Waals surface area contributed by atoms with E-state index in [1.54, 1.807) is 42.5 Å². The summed E-state index contributed by atoms with van der Waals surface area (Å²) < 4.78 is 67.5. The highest BCUT2D eigenvalue weighted by Gasteiger charge is 2.38. The number of fused-ring (bicyclic) bond motifs is 1. The van der Waals surface area contributed by atoms with Crippen LogP contribution in [0.3, 0.4) is 0 Å². The van der Waals surface area contributed by atoms with Gasteiger partial charge in [0.1, 0.15) is 33.3 Å². The van der Waals surface area contributed by atoms with Gasteiger partial charge in [-0.3, -0.25) is 4.79 Å². The smallest absolute Gasteiger partial charge is 0.434 e. The third-order valence-corrected chi connectivity index (χ3v) is 10.8. The topological polar surface area (TPSA) is 126 Å². The molecule has 2 aromatic heterocycles. The number of carbonyl (C=O) groups excluding carboxylic acids is 1. The molecule has 0 saturated heterocycles. The average molecular weight is 695 g/mol. The van der Waals surface area contributed by atoms with Crippen molar-refractivity contribution in [1.82, 2.24) is 20.3 Å². The van der Waals surface area contributed by atoms with Gasteiger partial charge >= 0.3 is 6.18 Å². The number of alkyl halides is 3. The van der Waals surface area contributed by atoms with E-state index >= 15 is 0 Å². The minimum absolute atomic E-state index is 0.0478. The number of thiazole rings is 1. The summed E-state index contributed by atoms with van der Waals surface area (Å²) >= 11 is 7.46. The summed E-state index contributed by atoms with van der Waals surface area (Å²) in [7, 11) is -3.61. The van der Waals surface area contributed by atoms with Crippen LogP contribution in [0.15, 0.2) is 54.2 Å². The van der Waals surface area contributed by atoms with Crippen molar-refractivity contribution in [3.8, 4) is 22.1 Å². The van der Waals surface area contributed by atoms with E-state index < -0.39 is 32.4 Å². The Morgan fingerprint density at radius 2 is 1.93 bits per heavy atom. The fourth-order valence-electron chi connectivity index (χ4n) is 4.73. The van der Waals surface area contributed by atoms with Gasteiger partial charge in [-0.2, -0.15) is 13.2 Å². The molecule has 10 nitrogen and oxygen atoms in total. The van der Waals surface area contributed by atoms with E-state index in [1.165, 1.54) is 20.2 Å². The monoisotopic (exact) mass is 694 g/mol. The second-order valence-electron chi connectivity index (χ2n) is 11.2. The van der Waals surface area contributed by atoms with E-state index in [2.05, 4.69) is 30.5 Å². The van der Waals surface area contributed by atoms with Crippen molar-refractivity contribution in [2.75, 3.05) is 29.6 Å². The van der Waals surface area contributed by atoms with Gasteiger partial charge < -0.3 is 20.3 Å². The summed E-state index contributed by atoms with van der Waals surface area (Å²) in [5, 5.41) is 7.46. The van der Waals surface area contributed by atoms with Crippen molar-refractivity contribution in [3.63, 3.8) is 0 Å². The molecule has 3 heterocycles. The molecule has 1 aliphatic heterocycles. The maximum Gasteiger partial charge on any atom is 0.434 e. The zero-order valence-electron chi connectivity index (χ0n) is 25.1. The quantitative estimate of drug-likeness (QED) is 0.191. The number of nitrogens with zero attached hydrogens (tertiary/aromatic N) is 4. The van der Waals surface area contributed by atoms with Crippen molar-refractivity contribution in [1.29, 1.82) is 0 Å². The molecule has 244 valence electrons. The molecule has 4 aromatic rings. The summed E-state index contributed by atoms with van der Waals surface area (Å²) in [6.45, 7) is 5.38. The molecule has 0 saturated carbocycles. The third kappa shape index (κ3) is 7.05. The lowest BCUT2D eigenvalue weighted by Gasteiger charge is -2.27. The Morgan fingerprint density at radius 1 is 1.17 bits per heavy atom. The Morgan fingerprint density at radius 3 is 2.61 bits per heavy atom. The number of halogens is 4. The number of aromatic nitrogens is 3. The minimum atomic E-state index is -4.52. The molecule has 0 spiro atoms. The van der Waals surface area contributed by atoms with Crippen LogP contribution in [0.2, 0.25) is 5.02 Å². The first kappa shape index (κ1) is 33.4. The average Bonchev–Trinajstić information content (AvgIpc) is 3.60. The Labute approximate surface area is 272 Å². The van der Waals surface area contributed by atoms with Gasteiger partial charge in [0.25, 0.3) is 0 Å². The second-order valence-corrected chi connectivity index (χ2v) is 15.1. The number of rotatable bonds is 10. The van der Waals surface area contributed by atoms with E-state index in [4.69, 9.17) is 16.3 Å². The molecule has 2 N–H and O–H groups in total. The van der Waals surface area contributed by atoms with Crippen molar-refractivity contribution < 1.29 is 31.1 Å². The number of sulfone groups is 1. The van der Waals surface area contributed by atoms with Gasteiger partial charge in [0, 0.05) is 48.4 Å². The molecule has 0 radical (unpaired) electrons. The van der Waals surface area contributed by atoms with E-state index in [0.29, 0.717) is 41.5 Å². The van der Waals surface area contributed by atoms with Crippen LogP contribution in [0.4, 0.5) is 30.4 Å². The lowest BCUT2D eigenvalue weighted by atomic mass is 10.2. The first-order chi connectivity index (χ1) is 21.5. The summed E-state index contributed by atoms with van der Waals surface area (Å²) in [6, 6.07) is 11.7. The van der Waals surface area contributed by atoms with Crippen LogP contribution in [-0.2, 0) is 27.2 Å². The lowest BCUT2D eigenvalue weighted by molar-refractivity contribution is -0.140.